The summed E-state index contributed by atoms with van der Waals surface area (Å²) in [6.07, 6.45) is 4.24. The zero-order valence-electron chi connectivity index (χ0n) is 12.0. The Balaban J connectivity index is 2.59. The third-order valence-corrected chi connectivity index (χ3v) is 4.70. The first kappa shape index (κ1) is 16.4. The molecule has 0 aromatic heterocycles. The second-order valence-corrected chi connectivity index (χ2v) is 6.68. The molecule has 0 aliphatic heterocycles. The normalized spacial score (nSPS) is 11.7. The number of hydrogen-bond acceptors (Lipinski definition) is 3. The highest BCUT2D eigenvalue weighted by molar-refractivity contribution is 7.53. The highest BCUT2D eigenvalue weighted by atomic mass is 31.2. The predicted octanol–water partition coefficient (Wildman–Crippen LogP) is 5.01. The molecule has 0 amide bonds. The highest BCUT2D eigenvalue weighted by Crippen LogP contribution is 2.51. The van der Waals surface area contributed by atoms with Gasteiger partial charge in [-0.05, 0) is 18.4 Å². The average Bonchev–Trinajstić information content (AvgIpc) is 2.40. The fourth-order valence-corrected chi connectivity index (χ4v) is 3.36. The van der Waals surface area contributed by atoms with Crippen LogP contribution in [-0.4, -0.2) is 13.2 Å². The Morgan fingerprint density at radius 3 is 1.95 bits per heavy atom. The Labute approximate surface area is 116 Å². The Morgan fingerprint density at radius 1 is 0.947 bits per heavy atom. The second kappa shape index (κ2) is 9.30. The lowest BCUT2D eigenvalue weighted by atomic mass is 10.2. The highest BCUT2D eigenvalue weighted by Gasteiger charge is 2.24. The molecule has 0 aliphatic carbocycles. The fraction of sp³-hybridized carbons (Fsp3) is 0.600. The van der Waals surface area contributed by atoms with Crippen LogP contribution < -0.4 is 0 Å². The van der Waals surface area contributed by atoms with E-state index in [9.17, 15) is 4.57 Å². The van der Waals surface area contributed by atoms with Gasteiger partial charge in [0.15, 0.2) is 0 Å². The SMILES string of the molecule is CCCCOP(=O)(Cc1ccccc1)OCCCC. The molecule has 0 saturated carbocycles. The quantitative estimate of drug-likeness (QED) is 0.447. The van der Waals surface area contributed by atoms with E-state index >= 15 is 0 Å². The standard InChI is InChI=1S/C15H25O3P/c1-3-5-12-17-19(16,18-13-6-4-2)14-15-10-8-7-9-11-15/h7-11H,3-6,12-14H2,1-2H3. The molecule has 0 aliphatic rings. The van der Waals surface area contributed by atoms with Gasteiger partial charge in [-0.15, -0.1) is 0 Å². The van der Waals surface area contributed by atoms with Crippen LogP contribution in [0.4, 0.5) is 0 Å². The Bertz CT molecular complexity index is 364. The van der Waals surface area contributed by atoms with E-state index in [1.165, 1.54) is 0 Å². The molecule has 0 bridgehead atoms. The van der Waals surface area contributed by atoms with Gasteiger partial charge in [-0.1, -0.05) is 57.0 Å². The minimum atomic E-state index is -3.00. The monoisotopic (exact) mass is 284 g/mol. The number of benzene rings is 1. The van der Waals surface area contributed by atoms with Crippen molar-refractivity contribution in [3.8, 4) is 0 Å². The number of rotatable bonds is 10. The second-order valence-electron chi connectivity index (χ2n) is 4.63. The van der Waals surface area contributed by atoms with Gasteiger partial charge in [0, 0.05) is 0 Å². The van der Waals surface area contributed by atoms with Crippen molar-refractivity contribution < 1.29 is 13.6 Å². The van der Waals surface area contributed by atoms with Gasteiger partial charge in [-0.3, -0.25) is 4.57 Å². The average molecular weight is 284 g/mol. The van der Waals surface area contributed by atoms with Crippen LogP contribution in [-0.2, 0) is 19.8 Å². The Kier molecular flexibility index (Phi) is 8.04. The van der Waals surface area contributed by atoms with Crippen LogP contribution in [0, 0.1) is 0 Å². The predicted molar refractivity (Wildman–Crippen MR) is 79.5 cm³/mol. The van der Waals surface area contributed by atoms with E-state index in [1.807, 2.05) is 30.3 Å². The minimum Gasteiger partial charge on any atom is -0.308 e. The van der Waals surface area contributed by atoms with Crippen LogP contribution in [0.25, 0.3) is 0 Å². The summed E-state index contributed by atoms with van der Waals surface area (Å²) in [6, 6.07) is 9.75. The summed E-state index contributed by atoms with van der Waals surface area (Å²) in [5, 5.41) is 0. The lowest BCUT2D eigenvalue weighted by Gasteiger charge is -2.18. The van der Waals surface area contributed by atoms with Crippen molar-refractivity contribution in [1.29, 1.82) is 0 Å². The maximum atomic E-state index is 12.7. The van der Waals surface area contributed by atoms with Crippen LogP contribution in [0.2, 0.25) is 0 Å². The lowest BCUT2D eigenvalue weighted by molar-refractivity contribution is 0.199. The van der Waals surface area contributed by atoms with Crippen molar-refractivity contribution >= 4 is 7.60 Å². The summed E-state index contributed by atoms with van der Waals surface area (Å²) >= 11 is 0. The van der Waals surface area contributed by atoms with Crippen molar-refractivity contribution in [3.05, 3.63) is 35.9 Å². The van der Waals surface area contributed by atoms with E-state index in [0.29, 0.717) is 19.4 Å². The zero-order valence-corrected chi connectivity index (χ0v) is 12.9. The molecule has 0 spiro atoms. The largest absolute Gasteiger partial charge is 0.335 e. The van der Waals surface area contributed by atoms with E-state index < -0.39 is 7.60 Å². The van der Waals surface area contributed by atoms with Gasteiger partial charge in [-0.25, -0.2) is 0 Å². The summed E-state index contributed by atoms with van der Waals surface area (Å²) in [6.45, 7) is 5.19. The molecule has 108 valence electrons. The topological polar surface area (TPSA) is 35.5 Å². The molecule has 1 rings (SSSR count). The first-order valence-corrected chi connectivity index (χ1v) is 8.85. The summed E-state index contributed by atoms with van der Waals surface area (Å²) in [4.78, 5) is 0. The molecule has 19 heavy (non-hydrogen) atoms. The number of unbranched alkanes of at least 4 members (excludes halogenated alkanes) is 2. The maximum absolute atomic E-state index is 12.7. The molecule has 0 atom stereocenters. The Morgan fingerprint density at radius 2 is 1.47 bits per heavy atom. The molecular weight excluding hydrogens is 259 g/mol. The molecule has 0 unspecified atom stereocenters. The van der Waals surface area contributed by atoms with Gasteiger partial charge in [0.25, 0.3) is 0 Å². The van der Waals surface area contributed by atoms with Gasteiger partial charge in [-0.2, -0.15) is 0 Å². The first-order valence-electron chi connectivity index (χ1n) is 7.12. The molecule has 1 aromatic rings. The smallest absolute Gasteiger partial charge is 0.308 e. The fourth-order valence-electron chi connectivity index (χ4n) is 1.63. The first-order chi connectivity index (χ1) is 9.20. The molecule has 0 saturated heterocycles. The van der Waals surface area contributed by atoms with Crippen molar-refractivity contribution in [2.75, 3.05) is 13.2 Å². The van der Waals surface area contributed by atoms with Gasteiger partial charge in [0.05, 0.1) is 19.4 Å². The maximum Gasteiger partial charge on any atom is 0.335 e. The minimum absolute atomic E-state index is 0.362. The summed E-state index contributed by atoms with van der Waals surface area (Å²) in [7, 11) is -3.00. The molecule has 0 radical (unpaired) electrons. The van der Waals surface area contributed by atoms with Crippen molar-refractivity contribution in [3.63, 3.8) is 0 Å². The van der Waals surface area contributed by atoms with Crippen LogP contribution in [0.5, 0.6) is 0 Å². The van der Waals surface area contributed by atoms with Gasteiger partial charge in [0.1, 0.15) is 0 Å². The molecule has 4 heteroatoms. The lowest BCUT2D eigenvalue weighted by Crippen LogP contribution is -2.02. The summed E-state index contributed by atoms with van der Waals surface area (Å²) in [5.41, 5.74) is 0.999. The molecule has 0 heterocycles. The molecular formula is C15H25O3P. The van der Waals surface area contributed by atoms with Crippen molar-refractivity contribution in [2.45, 2.75) is 45.7 Å². The summed E-state index contributed by atoms with van der Waals surface area (Å²) < 4.78 is 23.8. The van der Waals surface area contributed by atoms with Crippen molar-refractivity contribution in [1.82, 2.24) is 0 Å². The van der Waals surface area contributed by atoms with Crippen LogP contribution in [0.15, 0.2) is 30.3 Å². The molecule has 3 nitrogen and oxygen atoms in total. The summed E-state index contributed by atoms with van der Waals surface area (Å²) in [5.74, 6) is 0. The third-order valence-electron chi connectivity index (χ3n) is 2.79. The Hall–Kier alpha value is -0.630. The number of hydrogen-bond donors (Lipinski definition) is 0. The van der Waals surface area contributed by atoms with Crippen LogP contribution in [0.1, 0.15) is 45.1 Å². The van der Waals surface area contributed by atoms with Gasteiger partial charge < -0.3 is 9.05 Å². The van der Waals surface area contributed by atoms with Gasteiger partial charge >= 0.3 is 7.60 Å². The van der Waals surface area contributed by atoms with Crippen LogP contribution in [0.3, 0.4) is 0 Å². The van der Waals surface area contributed by atoms with Crippen molar-refractivity contribution in [2.24, 2.45) is 0 Å². The molecule has 0 N–H and O–H groups in total. The van der Waals surface area contributed by atoms with Crippen LogP contribution >= 0.6 is 7.60 Å². The molecule has 1 aromatic carbocycles. The van der Waals surface area contributed by atoms with E-state index in [2.05, 4.69) is 13.8 Å². The van der Waals surface area contributed by atoms with Gasteiger partial charge in [0.2, 0.25) is 0 Å². The third kappa shape index (κ3) is 6.91. The molecule has 0 fully saturated rings. The van der Waals surface area contributed by atoms with E-state index in [1.54, 1.807) is 0 Å². The van der Waals surface area contributed by atoms with E-state index in [0.717, 1.165) is 31.2 Å². The van der Waals surface area contributed by atoms with E-state index in [-0.39, 0.29) is 0 Å². The zero-order chi connectivity index (χ0) is 14.0. The van der Waals surface area contributed by atoms with E-state index in [4.69, 9.17) is 9.05 Å².